The van der Waals surface area contributed by atoms with Gasteiger partial charge < -0.3 is 14.5 Å². The molecule has 5 heteroatoms. The maximum Gasteiger partial charge on any atom is 0.408 e. The van der Waals surface area contributed by atoms with Gasteiger partial charge in [-0.05, 0) is 40.2 Å². The average molecular weight is 253 g/mol. The van der Waals surface area contributed by atoms with Crippen LogP contribution in [0.5, 0.6) is 0 Å². The predicted molar refractivity (Wildman–Crippen MR) is 66.6 cm³/mol. The number of hydrogen-bond acceptors (Lipinski definition) is 4. The number of ketones is 1. The summed E-state index contributed by atoms with van der Waals surface area (Å²) in [7, 11) is 0. The van der Waals surface area contributed by atoms with E-state index in [1.165, 1.54) is 12.5 Å². The van der Waals surface area contributed by atoms with Crippen molar-refractivity contribution in [1.29, 1.82) is 0 Å². The first-order chi connectivity index (χ1) is 8.20. The maximum atomic E-state index is 12.0. The summed E-state index contributed by atoms with van der Waals surface area (Å²) in [5.74, 6) is -0.202. The van der Waals surface area contributed by atoms with E-state index in [-0.39, 0.29) is 5.78 Å². The van der Waals surface area contributed by atoms with Gasteiger partial charge in [0.05, 0.1) is 17.9 Å². The first kappa shape index (κ1) is 14.3. The Morgan fingerprint density at radius 2 is 1.94 bits per heavy atom. The monoisotopic (exact) mass is 253 g/mol. The fourth-order valence-electron chi connectivity index (χ4n) is 1.40. The molecule has 1 N–H and O–H groups in total. The van der Waals surface area contributed by atoms with Gasteiger partial charge in [0, 0.05) is 0 Å². The summed E-state index contributed by atoms with van der Waals surface area (Å²) < 4.78 is 10.0. The van der Waals surface area contributed by atoms with Crippen LogP contribution < -0.4 is 5.32 Å². The van der Waals surface area contributed by atoms with Crippen molar-refractivity contribution >= 4 is 11.9 Å². The van der Waals surface area contributed by atoms with Crippen LogP contribution in [-0.2, 0) is 4.74 Å². The SMILES string of the molecule is Cc1cocc1C(=O)[C@H](C)NC(=O)OC(C)(C)C. The lowest BCUT2D eigenvalue weighted by Crippen LogP contribution is -2.41. The number of furan rings is 1. The highest BCUT2D eigenvalue weighted by Crippen LogP contribution is 2.12. The minimum atomic E-state index is -0.656. The third-order valence-electron chi connectivity index (χ3n) is 2.25. The molecule has 1 atom stereocenters. The molecule has 0 saturated heterocycles. The zero-order valence-electron chi connectivity index (χ0n) is 11.4. The molecule has 5 nitrogen and oxygen atoms in total. The number of nitrogens with one attached hydrogen (secondary N) is 1. The van der Waals surface area contributed by atoms with Gasteiger partial charge in [0.15, 0.2) is 5.78 Å². The number of carbonyl (C=O) groups excluding carboxylic acids is 2. The average Bonchev–Trinajstić information content (AvgIpc) is 2.60. The summed E-state index contributed by atoms with van der Waals surface area (Å²) in [6.45, 7) is 8.67. The molecule has 18 heavy (non-hydrogen) atoms. The molecule has 0 aliphatic rings. The molecule has 0 saturated carbocycles. The molecule has 1 amide bonds. The van der Waals surface area contributed by atoms with E-state index in [4.69, 9.17) is 9.15 Å². The first-order valence-corrected chi connectivity index (χ1v) is 5.77. The highest BCUT2D eigenvalue weighted by atomic mass is 16.6. The Hall–Kier alpha value is -1.78. The minimum absolute atomic E-state index is 0.202. The molecule has 0 spiro atoms. The van der Waals surface area contributed by atoms with Crippen molar-refractivity contribution in [2.45, 2.75) is 46.3 Å². The number of aryl methyl sites for hydroxylation is 1. The largest absolute Gasteiger partial charge is 0.472 e. The Kier molecular flexibility index (Phi) is 4.16. The Morgan fingerprint density at radius 1 is 1.33 bits per heavy atom. The maximum absolute atomic E-state index is 12.0. The van der Waals surface area contributed by atoms with E-state index in [9.17, 15) is 9.59 Å². The van der Waals surface area contributed by atoms with Gasteiger partial charge in [0.2, 0.25) is 0 Å². The zero-order chi connectivity index (χ0) is 13.9. The summed E-state index contributed by atoms with van der Waals surface area (Å²) in [4.78, 5) is 23.5. The van der Waals surface area contributed by atoms with Crippen LogP contribution in [0.15, 0.2) is 16.9 Å². The van der Waals surface area contributed by atoms with Crippen LogP contribution in [0.2, 0.25) is 0 Å². The number of Topliss-reactive ketones (excluding diaryl/α,β-unsaturated/α-hetero) is 1. The molecule has 0 unspecified atom stereocenters. The Balaban J connectivity index is 2.61. The van der Waals surface area contributed by atoms with Crippen LogP contribution in [0.4, 0.5) is 4.79 Å². The highest BCUT2D eigenvalue weighted by molar-refractivity contribution is 6.02. The number of hydrogen-bond donors (Lipinski definition) is 1. The Labute approximate surface area is 106 Å². The lowest BCUT2D eigenvalue weighted by molar-refractivity contribution is 0.0496. The topological polar surface area (TPSA) is 68.5 Å². The van der Waals surface area contributed by atoms with Crippen molar-refractivity contribution in [3.8, 4) is 0 Å². The summed E-state index contributed by atoms with van der Waals surface area (Å²) >= 11 is 0. The smallest absolute Gasteiger partial charge is 0.408 e. The third-order valence-corrected chi connectivity index (χ3v) is 2.25. The van der Waals surface area contributed by atoms with Crippen LogP contribution in [0.3, 0.4) is 0 Å². The van der Waals surface area contributed by atoms with Crippen molar-refractivity contribution in [2.75, 3.05) is 0 Å². The normalized spacial score (nSPS) is 12.9. The molecule has 0 radical (unpaired) electrons. The molecule has 1 aromatic rings. The quantitative estimate of drug-likeness (QED) is 0.841. The van der Waals surface area contributed by atoms with Gasteiger partial charge in [-0.3, -0.25) is 4.79 Å². The van der Waals surface area contributed by atoms with E-state index >= 15 is 0 Å². The van der Waals surface area contributed by atoms with Gasteiger partial charge in [-0.1, -0.05) is 0 Å². The molecule has 100 valence electrons. The molecule has 0 fully saturated rings. The van der Waals surface area contributed by atoms with Crippen molar-refractivity contribution in [3.05, 3.63) is 23.7 Å². The number of alkyl carbamates (subject to hydrolysis) is 1. The number of carbonyl (C=O) groups is 2. The van der Waals surface area contributed by atoms with E-state index in [2.05, 4.69) is 5.32 Å². The second-order valence-corrected chi connectivity index (χ2v) is 5.20. The Morgan fingerprint density at radius 3 is 2.39 bits per heavy atom. The highest BCUT2D eigenvalue weighted by Gasteiger charge is 2.23. The summed E-state index contributed by atoms with van der Waals surface area (Å²) in [6, 6.07) is -0.656. The number of rotatable bonds is 3. The van der Waals surface area contributed by atoms with Gasteiger partial charge in [-0.25, -0.2) is 4.79 Å². The molecule has 0 aromatic carbocycles. The number of amides is 1. The third kappa shape index (κ3) is 3.91. The van der Waals surface area contributed by atoms with E-state index in [0.29, 0.717) is 5.56 Å². The fourth-order valence-corrected chi connectivity index (χ4v) is 1.40. The van der Waals surface area contributed by atoms with Crippen LogP contribution in [0.25, 0.3) is 0 Å². The second-order valence-electron chi connectivity index (χ2n) is 5.20. The molecule has 0 bridgehead atoms. The van der Waals surface area contributed by atoms with Crippen molar-refractivity contribution in [2.24, 2.45) is 0 Å². The van der Waals surface area contributed by atoms with Gasteiger partial charge in [0.25, 0.3) is 0 Å². The standard InChI is InChI=1S/C13H19NO4/c1-8-6-17-7-10(8)11(15)9(2)14-12(16)18-13(3,4)5/h6-7,9H,1-5H3,(H,14,16)/t9-/m0/s1. The van der Waals surface area contributed by atoms with E-state index in [1.54, 1.807) is 34.6 Å². The van der Waals surface area contributed by atoms with Crippen molar-refractivity contribution < 1.29 is 18.7 Å². The summed E-state index contributed by atoms with van der Waals surface area (Å²) in [5.41, 5.74) is 0.634. The second kappa shape index (κ2) is 5.25. The summed E-state index contributed by atoms with van der Waals surface area (Å²) in [5, 5.41) is 2.50. The molecule has 1 heterocycles. The molecule has 1 rings (SSSR count). The lowest BCUT2D eigenvalue weighted by atomic mass is 10.1. The molecule has 0 aliphatic heterocycles. The summed E-state index contributed by atoms with van der Waals surface area (Å²) in [6.07, 6.45) is 2.27. The van der Waals surface area contributed by atoms with Gasteiger partial charge >= 0.3 is 6.09 Å². The van der Waals surface area contributed by atoms with E-state index in [0.717, 1.165) is 5.56 Å². The van der Waals surface area contributed by atoms with E-state index < -0.39 is 17.7 Å². The zero-order valence-corrected chi connectivity index (χ0v) is 11.4. The lowest BCUT2D eigenvalue weighted by Gasteiger charge is -2.21. The number of ether oxygens (including phenoxy) is 1. The van der Waals surface area contributed by atoms with Crippen LogP contribution in [0.1, 0.15) is 43.6 Å². The van der Waals surface area contributed by atoms with Gasteiger partial charge in [-0.2, -0.15) is 0 Å². The van der Waals surface area contributed by atoms with Crippen molar-refractivity contribution in [3.63, 3.8) is 0 Å². The van der Waals surface area contributed by atoms with Gasteiger partial charge in [-0.15, -0.1) is 0 Å². The molecular formula is C13H19NO4. The van der Waals surface area contributed by atoms with Crippen LogP contribution in [-0.4, -0.2) is 23.5 Å². The molecular weight excluding hydrogens is 234 g/mol. The van der Waals surface area contributed by atoms with Crippen molar-refractivity contribution in [1.82, 2.24) is 5.32 Å². The van der Waals surface area contributed by atoms with Crippen LogP contribution in [0, 0.1) is 6.92 Å². The van der Waals surface area contributed by atoms with Crippen LogP contribution >= 0.6 is 0 Å². The minimum Gasteiger partial charge on any atom is -0.472 e. The first-order valence-electron chi connectivity index (χ1n) is 5.77. The van der Waals surface area contributed by atoms with E-state index in [1.807, 2.05) is 0 Å². The molecule has 1 aromatic heterocycles. The fraction of sp³-hybridized carbons (Fsp3) is 0.538. The Bertz CT molecular complexity index is 442. The predicted octanol–water partition coefficient (Wildman–Crippen LogP) is 2.68. The molecule has 0 aliphatic carbocycles. The van der Waals surface area contributed by atoms with Gasteiger partial charge in [0.1, 0.15) is 11.9 Å².